The Balaban J connectivity index is 1.02. The van der Waals surface area contributed by atoms with Crippen LogP contribution in [0.15, 0.2) is 88.3 Å². The Labute approximate surface area is 509 Å². The van der Waals surface area contributed by atoms with E-state index in [2.05, 4.69) is 47.5 Å². The number of anilines is 2. The molecule has 1 saturated heterocycles. The number of thioether (sulfide) groups is 1. The zero-order valence-electron chi connectivity index (χ0n) is 49.1. The van der Waals surface area contributed by atoms with Crippen LogP contribution in [0.2, 0.25) is 0 Å². The van der Waals surface area contributed by atoms with Crippen molar-refractivity contribution >= 4 is 110 Å². The predicted octanol–water partition coefficient (Wildman–Crippen LogP) is 0.563. The summed E-state index contributed by atoms with van der Waals surface area (Å²) in [5.74, 6) is -7.23. The summed E-state index contributed by atoms with van der Waals surface area (Å²) >= 11 is 6.74. The van der Waals surface area contributed by atoms with Crippen LogP contribution in [-0.2, 0) is 40.0 Å². The van der Waals surface area contributed by atoms with Gasteiger partial charge in [-0.1, -0.05) is 24.3 Å². The smallest absolute Gasteiger partial charge is 0.336 e. The van der Waals surface area contributed by atoms with E-state index < -0.39 is 114 Å². The van der Waals surface area contributed by atoms with E-state index in [0.717, 1.165) is 27.7 Å². The molecule has 460 valence electrons. The molecule has 87 heavy (non-hydrogen) atoms. The van der Waals surface area contributed by atoms with Gasteiger partial charge >= 0.3 is 5.97 Å². The highest BCUT2D eigenvalue weighted by molar-refractivity contribution is 7.99. The number of aliphatic hydroxyl groups excluding tert-OH is 2. The van der Waals surface area contributed by atoms with Gasteiger partial charge in [0.1, 0.15) is 67.7 Å². The van der Waals surface area contributed by atoms with E-state index in [1.807, 2.05) is 74.1 Å². The van der Waals surface area contributed by atoms with Gasteiger partial charge in [-0.25, -0.2) is 9.37 Å². The molecule has 0 unspecified atom stereocenters. The highest BCUT2D eigenvalue weighted by Gasteiger charge is 2.44. The van der Waals surface area contributed by atoms with E-state index >= 15 is 0 Å². The molecule has 2 bridgehead atoms. The van der Waals surface area contributed by atoms with Gasteiger partial charge in [0.15, 0.2) is 5.11 Å². The monoisotopic (exact) mass is 1230 g/mol. The van der Waals surface area contributed by atoms with Crippen molar-refractivity contribution in [3.63, 3.8) is 0 Å². The third-order valence-corrected chi connectivity index (χ3v) is 17.0. The average molecular weight is 1230 g/mol. The minimum atomic E-state index is -1.94. The van der Waals surface area contributed by atoms with Crippen molar-refractivity contribution in [3.05, 3.63) is 95.3 Å². The standard InChI is InChI=1S/C60H70N12O13S2/c1-28-50(75)65-42-23-39-35-11-9-10-12-41(35)68-56(39)87-26-44(57(81)72-25-34(74)22-45(72)54(79)63-28)67-55(80)49(30(3)73)69-51(76)29(2)62-53(78)43(66-52(42)77)24-60(4,84)27-61-59(86)64-31-13-16-36(40(19-31)58(82)83)48-37-17-14-32(70(5)6)20-46(37)85-47-21-33(71(7)8)15-18-38(47)48/h9-21,28-30,34,42-45,49,68,73-74,84H,22-27H2,1-8H3,(H8,61,62,63,65,66,67,69,75,76,77,78,79,80,82,83,86)/p+1/t28-,29-,30-,34-,42-,43-,44-,45-,49+,60+/m0/s1. The molecule has 27 heteroatoms. The number of fused-ring (bicyclic) bond motifs is 7. The van der Waals surface area contributed by atoms with Crippen LogP contribution in [0.5, 0.6) is 0 Å². The fourth-order valence-electron chi connectivity index (χ4n) is 10.9. The molecule has 4 aromatic rings. The van der Waals surface area contributed by atoms with Gasteiger partial charge in [0.05, 0.1) is 34.5 Å². The molecule has 7 amide bonds. The van der Waals surface area contributed by atoms with Crippen LogP contribution < -0.4 is 57.4 Å². The van der Waals surface area contributed by atoms with Crippen molar-refractivity contribution < 1.29 is 63.2 Å². The fourth-order valence-corrected chi connectivity index (χ4v) is 12.2. The van der Waals surface area contributed by atoms with Gasteiger partial charge < -0.3 is 82.2 Å². The Hall–Kier alpha value is -8.63. The van der Waals surface area contributed by atoms with Crippen LogP contribution in [0.1, 0.15) is 56.5 Å². The van der Waals surface area contributed by atoms with E-state index in [0.29, 0.717) is 54.9 Å². The van der Waals surface area contributed by atoms with E-state index in [1.165, 1.54) is 33.8 Å². The lowest BCUT2D eigenvalue weighted by Gasteiger charge is -2.31. The number of nitrogens with one attached hydrogen (secondary N) is 9. The Kier molecular flexibility index (Phi) is 18.6. The number of aromatic carboxylic acids is 1. The first-order chi connectivity index (χ1) is 41.2. The number of hydrogen-bond donors (Lipinski definition) is 13. The molecular formula is C60H71N12O13S2+. The number of carbonyl (C=O) groups is 8. The van der Waals surface area contributed by atoms with E-state index in [-0.39, 0.29) is 48.0 Å². The largest absolute Gasteiger partial charge is 0.478 e. The van der Waals surface area contributed by atoms with Crippen LogP contribution in [0.3, 0.4) is 0 Å². The normalized spacial score (nSPS) is 23.6. The maximum Gasteiger partial charge on any atom is 0.336 e. The molecule has 1 fully saturated rings. The quantitative estimate of drug-likeness (QED) is 0.0534. The molecule has 10 atom stereocenters. The zero-order chi connectivity index (χ0) is 62.9. The number of amides is 7. The van der Waals surface area contributed by atoms with Crippen molar-refractivity contribution in [2.75, 3.05) is 57.2 Å². The SMILES string of the molecule is C[C@@H]1NC(=O)[C@H](C[C@@](C)(O)CNC(=S)Nc2ccc(-c3c4ccc(=[N+](C)C)cc-4oc4cc(N(C)C)ccc34)c(C(=O)O)c2)NC(=O)[C@@H]2Cc3c([nH]c4ccccc34)SC[C@H](NC(=O)[C@@H]([C@H](C)O)NC1=O)C(=O)N1C[C@@H](O)C[C@H]1C(=O)N[C@@H](C)C(=O)N2. The minimum Gasteiger partial charge on any atom is -0.478 e. The molecule has 13 N–H and O–H groups in total. The van der Waals surface area contributed by atoms with Gasteiger partial charge in [-0.05, 0) is 87.4 Å². The highest BCUT2D eigenvalue weighted by atomic mass is 32.2. The molecule has 9 rings (SSSR count). The van der Waals surface area contributed by atoms with Gasteiger partial charge in [-0.15, -0.1) is 11.8 Å². The summed E-state index contributed by atoms with van der Waals surface area (Å²) in [6.45, 7) is 4.53. The van der Waals surface area contributed by atoms with Crippen LogP contribution in [0, 0.1) is 0 Å². The minimum absolute atomic E-state index is 0.0679. The average Bonchev–Trinajstić information content (AvgIpc) is 1.44. The van der Waals surface area contributed by atoms with Crippen LogP contribution >= 0.6 is 24.0 Å². The summed E-state index contributed by atoms with van der Waals surface area (Å²) in [5, 5.41) is 68.7. The van der Waals surface area contributed by atoms with Crippen LogP contribution in [0.4, 0.5) is 11.4 Å². The third kappa shape index (κ3) is 14.0. The molecule has 0 radical (unpaired) electrons. The number of aromatic amines is 1. The Morgan fingerprint density at radius 2 is 1.53 bits per heavy atom. The number of benzene rings is 4. The number of H-pyrrole nitrogens is 1. The summed E-state index contributed by atoms with van der Waals surface area (Å²) < 4.78 is 8.39. The van der Waals surface area contributed by atoms with Gasteiger partial charge in [0.25, 0.3) is 0 Å². The summed E-state index contributed by atoms with van der Waals surface area (Å²) in [7, 11) is 7.62. The second-order valence-corrected chi connectivity index (χ2v) is 24.4. The summed E-state index contributed by atoms with van der Waals surface area (Å²) in [6, 6.07) is 12.7. The maximum atomic E-state index is 15.0. The number of thiocarbonyl (C=S) groups is 1. The summed E-state index contributed by atoms with van der Waals surface area (Å²) in [6.07, 6.45) is -3.77. The maximum absolute atomic E-state index is 15.0. The van der Waals surface area contributed by atoms with Crippen molar-refractivity contribution in [2.45, 2.75) is 112 Å². The summed E-state index contributed by atoms with van der Waals surface area (Å²) in [5.41, 5.74) is 2.45. The molecule has 0 spiro atoms. The van der Waals surface area contributed by atoms with E-state index in [4.69, 9.17) is 16.6 Å². The van der Waals surface area contributed by atoms with Crippen molar-refractivity contribution in [3.8, 4) is 22.5 Å². The van der Waals surface area contributed by atoms with E-state index in [9.17, 15) is 58.8 Å². The second kappa shape index (κ2) is 25.8. The molecule has 25 nitrogen and oxygen atoms in total. The first kappa shape index (κ1) is 62.9. The fraction of sp³-hybridized carbons (Fsp3) is 0.400. The Morgan fingerprint density at radius 1 is 0.839 bits per heavy atom. The number of carboxylic acids is 1. The number of aromatic nitrogens is 1. The van der Waals surface area contributed by atoms with Gasteiger partial charge in [-0.2, -0.15) is 0 Å². The number of carbonyl (C=O) groups excluding carboxylic acids is 7. The number of rotatable bonds is 9. The lowest BCUT2D eigenvalue weighted by molar-refractivity contribution is -0.142. The molecule has 0 saturated carbocycles. The predicted molar refractivity (Wildman–Crippen MR) is 330 cm³/mol. The van der Waals surface area contributed by atoms with Crippen molar-refractivity contribution in [1.82, 2.24) is 51.7 Å². The molecule has 1 aromatic heterocycles. The molecule has 5 heterocycles. The molecule has 3 aromatic carbocycles. The van der Waals surface area contributed by atoms with E-state index in [1.54, 1.807) is 36.4 Å². The van der Waals surface area contributed by atoms with Gasteiger partial charge in [-0.3, -0.25) is 33.6 Å². The number of carboxylic acid groups (broad SMARTS) is 1. The number of aliphatic hydroxyl groups is 3. The zero-order valence-corrected chi connectivity index (χ0v) is 50.7. The third-order valence-electron chi connectivity index (χ3n) is 15.7. The highest BCUT2D eigenvalue weighted by Crippen LogP contribution is 2.43. The van der Waals surface area contributed by atoms with Gasteiger partial charge in [0, 0.05) is 103 Å². The molecular weight excluding hydrogens is 1160 g/mol. The lowest BCUT2D eigenvalue weighted by atomic mass is 9.90. The lowest BCUT2D eigenvalue weighted by Crippen LogP contribution is -2.62. The first-order valence-electron chi connectivity index (χ1n) is 28.2. The van der Waals surface area contributed by atoms with Crippen molar-refractivity contribution in [2.24, 2.45) is 0 Å². The Morgan fingerprint density at radius 3 is 2.23 bits per heavy atom. The number of para-hydroxylation sites is 1. The molecule has 5 aliphatic rings. The Bertz CT molecular complexity index is 3790. The second-order valence-electron chi connectivity index (χ2n) is 23.0. The number of nitrogens with zero attached hydrogens (tertiary/aromatic N) is 3. The topological polar surface area (TPSA) is 352 Å². The molecule has 4 aliphatic heterocycles. The molecule has 1 aliphatic carbocycles. The van der Waals surface area contributed by atoms with Crippen LogP contribution in [0.25, 0.3) is 44.3 Å². The summed E-state index contributed by atoms with van der Waals surface area (Å²) in [4.78, 5) is 120. The number of hydrogen-bond acceptors (Lipinski definition) is 15. The van der Waals surface area contributed by atoms with Crippen molar-refractivity contribution in [1.29, 1.82) is 0 Å². The van der Waals surface area contributed by atoms with Gasteiger partial charge in [0.2, 0.25) is 46.7 Å². The first-order valence-corrected chi connectivity index (χ1v) is 29.6. The van der Waals surface area contributed by atoms with Crippen LogP contribution in [-0.4, -0.2) is 190 Å².